The first-order valence-corrected chi connectivity index (χ1v) is 7.56. The molecule has 0 bridgehead atoms. The normalized spacial score (nSPS) is 36.5. The van der Waals surface area contributed by atoms with Gasteiger partial charge in [0.05, 0.1) is 0 Å². The Kier molecular flexibility index (Phi) is 5.07. The lowest BCUT2D eigenvalue weighted by Crippen LogP contribution is -2.57. The van der Waals surface area contributed by atoms with E-state index in [0.717, 1.165) is 17.8 Å². The van der Waals surface area contributed by atoms with E-state index >= 15 is 0 Å². The molecule has 17 heavy (non-hydrogen) atoms. The van der Waals surface area contributed by atoms with E-state index in [1.807, 2.05) is 0 Å². The third kappa shape index (κ3) is 3.47. The van der Waals surface area contributed by atoms with Crippen LogP contribution in [0.25, 0.3) is 0 Å². The summed E-state index contributed by atoms with van der Waals surface area (Å²) in [4.78, 5) is 0. The summed E-state index contributed by atoms with van der Waals surface area (Å²) in [5.41, 5.74) is 6.97. The third-order valence-corrected chi connectivity index (χ3v) is 4.91. The lowest BCUT2D eigenvalue weighted by atomic mass is 9.59. The molecule has 1 saturated carbocycles. The minimum absolute atomic E-state index is 0.0795. The summed E-state index contributed by atoms with van der Waals surface area (Å²) in [6.45, 7) is 14.1. The second-order valence-corrected chi connectivity index (χ2v) is 7.38. The molecule has 0 aromatic heterocycles. The molecule has 1 heteroatoms. The minimum Gasteiger partial charge on any atom is -0.325 e. The van der Waals surface area contributed by atoms with Crippen LogP contribution in [-0.2, 0) is 0 Å². The SMILES string of the molecule is CC(C)CC(C)C1(N)CC(C)CCC1C(C)C. The standard InChI is InChI=1S/C16H33N/c1-11(2)9-14(6)16(17)10-13(5)7-8-15(16)12(3)4/h11-15H,7-10,17H2,1-6H3. The van der Waals surface area contributed by atoms with Gasteiger partial charge >= 0.3 is 0 Å². The predicted molar refractivity (Wildman–Crippen MR) is 76.9 cm³/mol. The molecule has 0 saturated heterocycles. The van der Waals surface area contributed by atoms with E-state index in [1.165, 1.54) is 25.7 Å². The minimum atomic E-state index is 0.0795. The summed E-state index contributed by atoms with van der Waals surface area (Å²) in [6, 6.07) is 0. The predicted octanol–water partition coefficient (Wildman–Crippen LogP) is 4.46. The van der Waals surface area contributed by atoms with Crippen molar-refractivity contribution in [3.63, 3.8) is 0 Å². The molecule has 0 aliphatic heterocycles. The van der Waals surface area contributed by atoms with Gasteiger partial charge in [-0.25, -0.2) is 0 Å². The van der Waals surface area contributed by atoms with Gasteiger partial charge in [0.2, 0.25) is 0 Å². The van der Waals surface area contributed by atoms with Gasteiger partial charge in [-0.2, -0.15) is 0 Å². The summed E-state index contributed by atoms with van der Waals surface area (Å²) in [5.74, 6) is 3.66. The van der Waals surface area contributed by atoms with Gasteiger partial charge in [-0.1, -0.05) is 48.0 Å². The largest absolute Gasteiger partial charge is 0.325 e. The van der Waals surface area contributed by atoms with Gasteiger partial charge in [-0.15, -0.1) is 0 Å². The number of rotatable bonds is 4. The van der Waals surface area contributed by atoms with Crippen LogP contribution in [-0.4, -0.2) is 5.54 Å². The smallest absolute Gasteiger partial charge is 0.0213 e. The van der Waals surface area contributed by atoms with Crippen molar-refractivity contribution in [1.29, 1.82) is 0 Å². The number of hydrogen-bond acceptors (Lipinski definition) is 1. The van der Waals surface area contributed by atoms with Crippen LogP contribution in [0.1, 0.15) is 67.2 Å². The molecule has 0 heterocycles. The Hall–Kier alpha value is -0.0400. The molecule has 4 unspecified atom stereocenters. The molecule has 0 aromatic carbocycles. The van der Waals surface area contributed by atoms with Crippen LogP contribution in [0.15, 0.2) is 0 Å². The second kappa shape index (κ2) is 5.73. The van der Waals surface area contributed by atoms with Crippen molar-refractivity contribution in [1.82, 2.24) is 0 Å². The summed E-state index contributed by atoms with van der Waals surface area (Å²) in [6.07, 6.45) is 5.20. The maximum Gasteiger partial charge on any atom is 0.0213 e. The van der Waals surface area contributed by atoms with E-state index in [2.05, 4.69) is 41.5 Å². The van der Waals surface area contributed by atoms with Gasteiger partial charge < -0.3 is 5.73 Å². The monoisotopic (exact) mass is 239 g/mol. The maximum absolute atomic E-state index is 6.89. The van der Waals surface area contributed by atoms with Crippen LogP contribution in [0.3, 0.4) is 0 Å². The van der Waals surface area contributed by atoms with E-state index in [4.69, 9.17) is 5.73 Å². The quantitative estimate of drug-likeness (QED) is 0.770. The van der Waals surface area contributed by atoms with Crippen molar-refractivity contribution in [2.45, 2.75) is 72.8 Å². The average molecular weight is 239 g/mol. The molecule has 102 valence electrons. The fraction of sp³-hybridized carbons (Fsp3) is 1.00. The zero-order valence-electron chi connectivity index (χ0n) is 12.8. The Morgan fingerprint density at radius 2 is 1.71 bits per heavy atom. The fourth-order valence-electron chi connectivity index (χ4n) is 4.04. The van der Waals surface area contributed by atoms with Crippen LogP contribution >= 0.6 is 0 Å². The first-order valence-electron chi connectivity index (χ1n) is 7.56. The zero-order valence-corrected chi connectivity index (χ0v) is 12.8. The van der Waals surface area contributed by atoms with Crippen LogP contribution < -0.4 is 5.73 Å². The van der Waals surface area contributed by atoms with Crippen LogP contribution in [0.2, 0.25) is 0 Å². The highest BCUT2D eigenvalue weighted by Crippen LogP contribution is 2.44. The number of hydrogen-bond donors (Lipinski definition) is 1. The topological polar surface area (TPSA) is 26.0 Å². The highest BCUT2D eigenvalue weighted by atomic mass is 14.8. The Balaban J connectivity index is 2.84. The first kappa shape index (κ1) is 15.0. The Bertz CT molecular complexity index is 234. The van der Waals surface area contributed by atoms with E-state index in [9.17, 15) is 0 Å². The van der Waals surface area contributed by atoms with Gasteiger partial charge in [-0.05, 0) is 48.9 Å². The molecule has 1 fully saturated rings. The molecule has 0 radical (unpaired) electrons. The van der Waals surface area contributed by atoms with Crippen LogP contribution in [0, 0.1) is 29.6 Å². The Morgan fingerprint density at radius 1 is 1.12 bits per heavy atom. The summed E-state index contributed by atoms with van der Waals surface area (Å²) >= 11 is 0. The van der Waals surface area contributed by atoms with E-state index < -0.39 is 0 Å². The van der Waals surface area contributed by atoms with Crippen molar-refractivity contribution in [3.05, 3.63) is 0 Å². The van der Waals surface area contributed by atoms with Crippen molar-refractivity contribution >= 4 is 0 Å². The van der Waals surface area contributed by atoms with Crippen LogP contribution in [0.5, 0.6) is 0 Å². The maximum atomic E-state index is 6.89. The second-order valence-electron chi connectivity index (χ2n) is 7.38. The molecule has 2 N–H and O–H groups in total. The van der Waals surface area contributed by atoms with Crippen molar-refractivity contribution in [2.24, 2.45) is 35.3 Å². The summed E-state index contributed by atoms with van der Waals surface area (Å²) in [7, 11) is 0. The van der Waals surface area contributed by atoms with Gasteiger partial charge in [0.1, 0.15) is 0 Å². The van der Waals surface area contributed by atoms with Crippen molar-refractivity contribution < 1.29 is 0 Å². The molecule has 0 aromatic rings. The van der Waals surface area contributed by atoms with Gasteiger partial charge in [-0.3, -0.25) is 0 Å². The van der Waals surface area contributed by atoms with Crippen LogP contribution in [0.4, 0.5) is 0 Å². The number of nitrogens with two attached hydrogens (primary N) is 1. The highest BCUT2D eigenvalue weighted by molar-refractivity contribution is 5.00. The summed E-state index contributed by atoms with van der Waals surface area (Å²) in [5, 5.41) is 0. The molecule has 0 amide bonds. The molecule has 0 spiro atoms. The summed E-state index contributed by atoms with van der Waals surface area (Å²) < 4.78 is 0. The van der Waals surface area contributed by atoms with Crippen molar-refractivity contribution in [2.75, 3.05) is 0 Å². The first-order chi connectivity index (χ1) is 7.77. The van der Waals surface area contributed by atoms with E-state index in [-0.39, 0.29) is 5.54 Å². The lowest BCUT2D eigenvalue weighted by molar-refractivity contribution is 0.0553. The van der Waals surface area contributed by atoms with E-state index in [1.54, 1.807) is 0 Å². The van der Waals surface area contributed by atoms with Gasteiger partial charge in [0.15, 0.2) is 0 Å². The van der Waals surface area contributed by atoms with Crippen molar-refractivity contribution in [3.8, 4) is 0 Å². The molecule has 4 atom stereocenters. The highest BCUT2D eigenvalue weighted by Gasteiger charge is 2.44. The molecular formula is C16H33N. The molecule has 1 rings (SSSR count). The van der Waals surface area contributed by atoms with E-state index in [0.29, 0.717) is 11.8 Å². The molecule has 1 aliphatic rings. The van der Waals surface area contributed by atoms with Gasteiger partial charge in [0, 0.05) is 5.54 Å². The van der Waals surface area contributed by atoms with Gasteiger partial charge in [0.25, 0.3) is 0 Å². The molecular weight excluding hydrogens is 206 g/mol. The Morgan fingerprint density at radius 3 is 2.18 bits per heavy atom. The average Bonchev–Trinajstić information content (AvgIpc) is 2.15. The third-order valence-electron chi connectivity index (χ3n) is 4.91. The fourth-order valence-corrected chi connectivity index (χ4v) is 4.04. The lowest BCUT2D eigenvalue weighted by Gasteiger charge is -2.50. The molecule has 1 nitrogen and oxygen atoms in total. The zero-order chi connectivity index (χ0) is 13.2. The molecule has 1 aliphatic carbocycles. The Labute approximate surface area is 109 Å².